The van der Waals surface area contributed by atoms with Crippen molar-refractivity contribution in [3.8, 4) is 0 Å². The van der Waals surface area contributed by atoms with E-state index < -0.39 is 0 Å². The molecule has 0 radical (unpaired) electrons. The molecule has 3 rings (SSSR count). The molecule has 3 aromatic rings. The fourth-order valence-corrected chi connectivity index (χ4v) is 4.44. The van der Waals surface area contributed by atoms with Crippen LogP contribution in [0.5, 0.6) is 0 Å². The summed E-state index contributed by atoms with van der Waals surface area (Å²) in [6.45, 7) is 0. The van der Waals surface area contributed by atoms with E-state index in [1.54, 1.807) is 0 Å². The van der Waals surface area contributed by atoms with Gasteiger partial charge in [-0.25, -0.2) is 0 Å². The number of rotatable bonds is 3. The molecule has 0 saturated carbocycles. The van der Waals surface area contributed by atoms with Gasteiger partial charge in [-0.1, -0.05) is 78.9 Å². The van der Waals surface area contributed by atoms with E-state index >= 15 is 0 Å². The first-order chi connectivity index (χ1) is 11.4. The van der Waals surface area contributed by atoms with Crippen LogP contribution in [-0.4, -0.2) is 0 Å². The van der Waals surface area contributed by atoms with Crippen LogP contribution in [0.3, 0.4) is 0 Å². The Labute approximate surface area is 141 Å². The van der Waals surface area contributed by atoms with Crippen LogP contribution in [0.25, 0.3) is 0 Å². The molecule has 0 bridgehead atoms. The predicted octanol–water partition coefficient (Wildman–Crippen LogP) is 5.91. The van der Waals surface area contributed by atoms with E-state index in [9.17, 15) is 0 Å². The Kier molecular flexibility index (Phi) is 5.49. The van der Waals surface area contributed by atoms with Crippen molar-refractivity contribution >= 4 is 10.9 Å². The molecule has 0 N–H and O–H groups in total. The molecule has 0 aliphatic rings. The first-order valence-corrected chi connectivity index (χ1v) is 8.90. The number of hydrogen-bond acceptors (Lipinski definition) is 0. The molecule has 0 heterocycles. The Morgan fingerprint density at radius 1 is 0.304 bits per heavy atom. The zero-order valence-corrected chi connectivity index (χ0v) is 13.7. The van der Waals surface area contributed by atoms with Crippen LogP contribution in [-0.2, 0) is 10.9 Å². The zero-order chi connectivity index (χ0) is 15.7. The van der Waals surface area contributed by atoms with Crippen molar-refractivity contribution in [2.45, 2.75) is 14.7 Å². The molecule has 0 atom stereocenters. The topological polar surface area (TPSA) is 0 Å². The van der Waals surface area contributed by atoms with Crippen LogP contribution in [0.1, 0.15) is 0 Å². The van der Waals surface area contributed by atoms with E-state index in [0.717, 1.165) is 0 Å². The minimum atomic E-state index is -0.105. The summed E-state index contributed by atoms with van der Waals surface area (Å²) >= 11 is 0. The Balaban J connectivity index is 2.17. The molecule has 23 heavy (non-hydrogen) atoms. The lowest BCUT2D eigenvalue weighted by Gasteiger charge is -2.06. The number of benzene rings is 2. The molecule has 0 aromatic heterocycles. The van der Waals surface area contributed by atoms with Crippen molar-refractivity contribution in [1.29, 1.82) is 0 Å². The third kappa shape index (κ3) is 4.24. The van der Waals surface area contributed by atoms with Crippen molar-refractivity contribution in [1.82, 2.24) is 0 Å². The third-order valence-electron chi connectivity index (χ3n) is 3.38. The minimum Gasteiger partial charge on any atom is -0.0623 e. The van der Waals surface area contributed by atoms with Crippen molar-refractivity contribution in [2.75, 3.05) is 0 Å². The van der Waals surface area contributed by atoms with Gasteiger partial charge in [-0.3, -0.25) is 0 Å². The molecule has 0 aliphatic heterocycles. The minimum absolute atomic E-state index is 0.105. The second-order valence-corrected chi connectivity index (χ2v) is 7.04. The SMILES string of the molecule is c1ccccc([S+](c2ccccc2)c2ccccc2)cccc1. The van der Waals surface area contributed by atoms with E-state index in [1.165, 1.54) is 14.7 Å². The monoisotopic (exact) mass is 315 g/mol. The van der Waals surface area contributed by atoms with Gasteiger partial charge in [-0.05, 0) is 36.4 Å². The lowest BCUT2D eigenvalue weighted by Crippen LogP contribution is -2.03. The first kappa shape index (κ1) is 15.4. The van der Waals surface area contributed by atoms with Gasteiger partial charge in [-0.15, -0.1) is 0 Å². The summed E-state index contributed by atoms with van der Waals surface area (Å²) in [5.41, 5.74) is 0. The smallest absolute Gasteiger partial charge is 0.0623 e. The molecular formula is C22H19S+. The maximum atomic E-state index is 2.21. The second-order valence-electron chi connectivity index (χ2n) is 5.02. The van der Waals surface area contributed by atoms with E-state index in [1.807, 2.05) is 18.2 Å². The zero-order valence-electron chi connectivity index (χ0n) is 12.9. The predicted molar refractivity (Wildman–Crippen MR) is 99.1 cm³/mol. The summed E-state index contributed by atoms with van der Waals surface area (Å²) < 4.78 is 0. The lowest BCUT2D eigenvalue weighted by molar-refractivity contribution is 1.32. The average Bonchev–Trinajstić information content (AvgIpc) is 2.62. The van der Waals surface area contributed by atoms with Gasteiger partial charge in [0, 0.05) is 0 Å². The molecule has 1 heteroatoms. The maximum absolute atomic E-state index is 2.21. The summed E-state index contributed by atoms with van der Waals surface area (Å²) in [7, 11) is -0.105. The fourth-order valence-electron chi connectivity index (χ4n) is 2.33. The van der Waals surface area contributed by atoms with Gasteiger partial charge in [-0.2, -0.15) is 0 Å². The van der Waals surface area contributed by atoms with Crippen LogP contribution in [0.15, 0.2) is 130 Å². The Morgan fingerprint density at radius 3 is 0.826 bits per heavy atom. The standard InChI is InChI=1S/C22H19S/c1-2-4-8-14-20(15-9-5-3-1)23(21-16-10-6-11-17-21)22-18-12-7-13-19-22/h1-19H/q+1. The molecule has 112 valence electrons. The highest BCUT2D eigenvalue weighted by Gasteiger charge is 2.27. The largest absolute Gasteiger partial charge is 0.166 e. The Hall–Kier alpha value is -2.51. The van der Waals surface area contributed by atoms with Gasteiger partial charge in [0.15, 0.2) is 14.7 Å². The summed E-state index contributed by atoms with van der Waals surface area (Å²) in [6, 6.07) is 40.4. The first-order valence-electron chi connectivity index (χ1n) is 7.68. The van der Waals surface area contributed by atoms with Crippen LogP contribution in [0, 0.1) is 0 Å². The molecule has 0 aliphatic carbocycles. The Morgan fingerprint density at radius 2 is 0.522 bits per heavy atom. The van der Waals surface area contributed by atoms with Crippen molar-refractivity contribution in [3.63, 3.8) is 0 Å². The van der Waals surface area contributed by atoms with Gasteiger partial charge >= 0.3 is 0 Å². The van der Waals surface area contributed by atoms with Gasteiger partial charge in [0.1, 0.15) is 0 Å². The molecule has 0 nitrogen and oxygen atoms in total. The summed E-state index contributed by atoms with van der Waals surface area (Å²) in [5.74, 6) is 0. The molecular weight excluding hydrogens is 296 g/mol. The van der Waals surface area contributed by atoms with E-state index in [2.05, 4.69) is 97.1 Å². The van der Waals surface area contributed by atoms with Crippen molar-refractivity contribution in [3.05, 3.63) is 115 Å². The molecule has 0 saturated heterocycles. The second kappa shape index (κ2) is 8.21. The summed E-state index contributed by atoms with van der Waals surface area (Å²) in [4.78, 5) is 3.97. The van der Waals surface area contributed by atoms with E-state index in [0.29, 0.717) is 0 Å². The van der Waals surface area contributed by atoms with Gasteiger partial charge in [0.05, 0.1) is 10.9 Å². The molecule has 3 aromatic carbocycles. The van der Waals surface area contributed by atoms with Crippen LogP contribution in [0.2, 0.25) is 0 Å². The Bertz CT molecular complexity index is 716. The highest BCUT2D eigenvalue weighted by molar-refractivity contribution is 7.97. The highest BCUT2D eigenvalue weighted by Crippen LogP contribution is 2.30. The van der Waals surface area contributed by atoms with Gasteiger partial charge in [0.2, 0.25) is 0 Å². The van der Waals surface area contributed by atoms with Gasteiger partial charge in [0.25, 0.3) is 0 Å². The quantitative estimate of drug-likeness (QED) is 0.527. The van der Waals surface area contributed by atoms with E-state index in [-0.39, 0.29) is 10.9 Å². The van der Waals surface area contributed by atoms with Crippen LogP contribution in [0.4, 0.5) is 0 Å². The maximum Gasteiger partial charge on any atom is 0.166 e. The lowest BCUT2D eigenvalue weighted by atomic mass is 10.4. The molecule has 0 fully saturated rings. The highest BCUT2D eigenvalue weighted by atomic mass is 32.2. The van der Waals surface area contributed by atoms with Crippen molar-refractivity contribution in [2.24, 2.45) is 0 Å². The normalized spacial score (nSPS) is 10.1. The van der Waals surface area contributed by atoms with E-state index in [4.69, 9.17) is 0 Å². The van der Waals surface area contributed by atoms with Crippen LogP contribution < -0.4 is 0 Å². The fraction of sp³-hybridized carbons (Fsp3) is 0. The number of hydrogen-bond donors (Lipinski definition) is 0. The summed E-state index contributed by atoms with van der Waals surface area (Å²) in [6.07, 6.45) is 0. The van der Waals surface area contributed by atoms with Gasteiger partial charge < -0.3 is 0 Å². The molecule has 0 spiro atoms. The third-order valence-corrected chi connectivity index (χ3v) is 5.61. The average molecular weight is 315 g/mol. The summed E-state index contributed by atoms with van der Waals surface area (Å²) in [5, 5.41) is 0. The van der Waals surface area contributed by atoms with Crippen LogP contribution >= 0.6 is 0 Å². The molecule has 0 amide bonds. The van der Waals surface area contributed by atoms with Crippen molar-refractivity contribution < 1.29 is 0 Å². The molecule has 0 unspecified atom stereocenters.